The molecule has 25 heavy (non-hydrogen) atoms. The van der Waals surface area contributed by atoms with Crippen LogP contribution in [0.25, 0.3) is 0 Å². The van der Waals surface area contributed by atoms with Crippen LogP contribution in [0.2, 0.25) is 0 Å². The number of carbonyl (C=O) groups is 4. The Morgan fingerprint density at radius 1 is 1.32 bits per heavy atom. The van der Waals surface area contributed by atoms with E-state index in [1.807, 2.05) is 0 Å². The highest BCUT2D eigenvalue weighted by atomic mass is 16.4. The van der Waals surface area contributed by atoms with Crippen molar-refractivity contribution in [1.29, 1.82) is 0 Å². The highest BCUT2D eigenvalue weighted by Crippen LogP contribution is 2.49. The fourth-order valence-electron chi connectivity index (χ4n) is 4.40. The van der Waals surface area contributed by atoms with Gasteiger partial charge in [-0.2, -0.15) is 0 Å². The van der Waals surface area contributed by atoms with Gasteiger partial charge >= 0.3 is 12.0 Å². The minimum absolute atomic E-state index is 0.0423. The molecule has 3 rings (SSSR count). The largest absolute Gasteiger partial charge is 0.481 e. The molecule has 0 radical (unpaired) electrons. The molecule has 1 aliphatic carbocycles. The zero-order valence-electron chi connectivity index (χ0n) is 14.7. The highest BCUT2D eigenvalue weighted by Gasteiger charge is 2.55. The normalized spacial score (nSPS) is 30.6. The number of carboxylic acid groups (broad SMARTS) is 1. The summed E-state index contributed by atoms with van der Waals surface area (Å²) in [6.45, 7) is 4.27. The number of fused-ring (bicyclic) bond motifs is 1. The predicted octanol–water partition coefficient (Wildman–Crippen LogP) is 0.810. The number of imide groups is 1. The highest BCUT2D eigenvalue weighted by molar-refractivity contribution is 6.06. The summed E-state index contributed by atoms with van der Waals surface area (Å²) in [4.78, 5) is 50.8. The molecule has 0 spiro atoms. The zero-order chi connectivity index (χ0) is 18.4. The van der Waals surface area contributed by atoms with Crippen molar-refractivity contribution in [3.05, 3.63) is 0 Å². The van der Waals surface area contributed by atoms with Crippen LogP contribution in [-0.2, 0) is 14.4 Å². The maximum atomic E-state index is 12.4. The zero-order valence-corrected chi connectivity index (χ0v) is 14.7. The van der Waals surface area contributed by atoms with E-state index in [2.05, 4.69) is 5.32 Å². The van der Waals surface area contributed by atoms with Gasteiger partial charge in [0, 0.05) is 26.1 Å². The Kier molecular flexibility index (Phi) is 4.25. The van der Waals surface area contributed by atoms with Crippen molar-refractivity contribution in [2.24, 2.45) is 11.3 Å². The number of urea groups is 1. The van der Waals surface area contributed by atoms with Gasteiger partial charge in [-0.05, 0) is 39.0 Å². The first-order valence-electron chi connectivity index (χ1n) is 8.83. The van der Waals surface area contributed by atoms with Gasteiger partial charge in [0.2, 0.25) is 5.91 Å². The average Bonchev–Trinajstić information content (AvgIpc) is 3.12. The van der Waals surface area contributed by atoms with Crippen LogP contribution in [-0.4, -0.2) is 63.9 Å². The fourth-order valence-corrected chi connectivity index (χ4v) is 4.40. The number of rotatable bonds is 5. The third-order valence-electron chi connectivity index (χ3n) is 5.87. The van der Waals surface area contributed by atoms with Crippen LogP contribution in [0.3, 0.4) is 0 Å². The molecule has 0 bridgehead atoms. The van der Waals surface area contributed by atoms with Crippen molar-refractivity contribution in [2.45, 2.75) is 51.5 Å². The molecule has 3 aliphatic rings. The summed E-state index contributed by atoms with van der Waals surface area (Å²) >= 11 is 0. The minimum Gasteiger partial charge on any atom is -0.481 e. The van der Waals surface area contributed by atoms with Gasteiger partial charge in [-0.25, -0.2) is 4.79 Å². The Hall–Kier alpha value is -2.12. The molecule has 138 valence electrons. The molecule has 4 amide bonds. The summed E-state index contributed by atoms with van der Waals surface area (Å²) in [5.74, 6) is -1.14. The van der Waals surface area contributed by atoms with E-state index >= 15 is 0 Å². The lowest BCUT2D eigenvalue weighted by atomic mass is 9.81. The van der Waals surface area contributed by atoms with Crippen LogP contribution in [0.5, 0.6) is 0 Å². The molecule has 3 fully saturated rings. The number of nitrogens with one attached hydrogen (secondary N) is 1. The second kappa shape index (κ2) is 6.00. The Labute approximate surface area is 146 Å². The first-order chi connectivity index (χ1) is 11.7. The van der Waals surface area contributed by atoms with Crippen LogP contribution >= 0.6 is 0 Å². The number of carbonyl (C=O) groups excluding carboxylic acids is 3. The second-order valence-corrected chi connectivity index (χ2v) is 7.94. The molecule has 1 saturated carbocycles. The summed E-state index contributed by atoms with van der Waals surface area (Å²) in [6, 6.07) is -0.428. The van der Waals surface area contributed by atoms with Gasteiger partial charge < -0.3 is 15.3 Å². The first-order valence-corrected chi connectivity index (χ1v) is 8.83. The maximum absolute atomic E-state index is 12.4. The van der Waals surface area contributed by atoms with Gasteiger partial charge in [0.05, 0.1) is 5.41 Å². The molecular formula is C17H25N3O5. The van der Waals surface area contributed by atoms with E-state index in [4.69, 9.17) is 0 Å². The number of nitrogens with zero attached hydrogens (tertiary/aromatic N) is 2. The molecule has 2 aliphatic heterocycles. The van der Waals surface area contributed by atoms with E-state index < -0.39 is 23.0 Å². The molecule has 8 heteroatoms. The summed E-state index contributed by atoms with van der Waals surface area (Å²) < 4.78 is 0. The van der Waals surface area contributed by atoms with Gasteiger partial charge in [-0.3, -0.25) is 19.3 Å². The van der Waals surface area contributed by atoms with Crippen LogP contribution in [0.15, 0.2) is 0 Å². The average molecular weight is 351 g/mol. The van der Waals surface area contributed by atoms with E-state index in [9.17, 15) is 24.3 Å². The topological polar surface area (TPSA) is 107 Å². The van der Waals surface area contributed by atoms with Crippen molar-refractivity contribution in [3.63, 3.8) is 0 Å². The summed E-state index contributed by atoms with van der Waals surface area (Å²) in [5.41, 5.74) is -1.67. The Bertz CT molecular complexity index is 632. The van der Waals surface area contributed by atoms with Crippen molar-refractivity contribution in [2.75, 3.05) is 19.6 Å². The predicted molar refractivity (Wildman–Crippen MR) is 87.5 cm³/mol. The number of likely N-dealkylation sites (tertiary alicyclic amines) is 1. The van der Waals surface area contributed by atoms with E-state index in [0.29, 0.717) is 19.4 Å². The van der Waals surface area contributed by atoms with E-state index in [1.165, 1.54) is 0 Å². The van der Waals surface area contributed by atoms with Crippen molar-refractivity contribution >= 4 is 23.8 Å². The molecule has 2 N–H and O–H groups in total. The molecule has 2 heterocycles. The summed E-state index contributed by atoms with van der Waals surface area (Å²) in [5, 5.41) is 12.2. The third-order valence-corrected chi connectivity index (χ3v) is 5.87. The number of hydrogen-bond acceptors (Lipinski definition) is 4. The number of hydrogen-bond donors (Lipinski definition) is 2. The third kappa shape index (κ3) is 2.87. The Morgan fingerprint density at radius 2 is 2.04 bits per heavy atom. The SMILES string of the molecule is CC1(C)NC(=O)N(CCCC(=O)N2C[C@@H]3CCC[C@@]3(C(=O)O)C2)C1=O. The Balaban J connectivity index is 1.52. The van der Waals surface area contributed by atoms with Crippen molar-refractivity contribution in [1.82, 2.24) is 15.1 Å². The Morgan fingerprint density at radius 3 is 2.60 bits per heavy atom. The van der Waals surface area contributed by atoms with Crippen molar-refractivity contribution < 1.29 is 24.3 Å². The molecule has 0 aromatic heterocycles. The van der Waals surface area contributed by atoms with Crippen LogP contribution in [0.4, 0.5) is 4.79 Å². The van der Waals surface area contributed by atoms with Gasteiger partial charge in [0.25, 0.3) is 5.91 Å². The molecule has 0 aromatic carbocycles. The van der Waals surface area contributed by atoms with E-state index in [-0.39, 0.29) is 37.2 Å². The van der Waals surface area contributed by atoms with Crippen LogP contribution in [0, 0.1) is 11.3 Å². The lowest BCUT2D eigenvalue weighted by molar-refractivity contribution is -0.149. The fraction of sp³-hybridized carbons (Fsp3) is 0.765. The van der Waals surface area contributed by atoms with Gasteiger partial charge in [-0.15, -0.1) is 0 Å². The number of aliphatic carboxylic acids is 1. The monoisotopic (exact) mass is 351 g/mol. The van der Waals surface area contributed by atoms with Gasteiger partial charge in [0.15, 0.2) is 0 Å². The molecule has 8 nitrogen and oxygen atoms in total. The van der Waals surface area contributed by atoms with Crippen LogP contribution in [0.1, 0.15) is 46.0 Å². The summed E-state index contributed by atoms with van der Waals surface area (Å²) in [6.07, 6.45) is 2.98. The van der Waals surface area contributed by atoms with E-state index in [1.54, 1.807) is 18.7 Å². The maximum Gasteiger partial charge on any atom is 0.325 e. The number of amides is 4. The molecule has 2 saturated heterocycles. The quantitative estimate of drug-likeness (QED) is 0.713. The minimum atomic E-state index is -0.901. The van der Waals surface area contributed by atoms with Crippen molar-refractivity contribution in [3.8, 4) is 0 Å². The van der Waals surface area contributed by atoms with Crippen LogP contribution < -0.4 is 5.32 Å². The standard InChI is InChI=1S/C17H25N3O5/c1-16(2)13(22)20(15(25)18-16)8-4-6-12(21)19-9-11-5-3-7-17(11,10-19)14(23)24/h11H,3-10H2,1-2H3,(H,18,25)(H,23,24)/t11-,17+/m0/s1. The second-order valence-electron chi connectivity index (χ2n) is 7.94. The smallest absolute Gasteiger partial charge is 0.325 e. The molecular weight excluding hydrogens is 326 g/mol. The lowest BCUT2D eigenvalue weighted by Crippen LogP contribution is -2.40. The van der Waals surface area contributed by atoms with E-state index in [0.717, 1.165) is 17.7 Å². The summed E-state index contributed by atoms with van der Waals surface area (Å²) in [7, 11) is 0. The first kappa shape index (κ1) is 17.7. The molecule has 0 unspecified atom stereocenters. The van der Waals surface area contributed by atoms with Gasteiger partial charge in [0.1, 0.15) is 5.54 Å². The van der Waals surface area contributed by atoms with Gasteiger partial charge in [-0.1, -0.05) is 6.42 Å². The molecule has 0 aromatic rings. The number of carboxylic acids is 1. The molecule has 2 atom stereocenters. The lowest BCUT2D eigenvalue weighted by Gasteiger charge is -2.23.